The lowest BCUT2D eigenvalue weighted by atomic mass is 9.74. The van der Waals surface area contributed by atoms with Crippen molar-refractivity contribution in [1.82, 2.24) is 15.1 Å². The molecule has 1 saturated heterocycles. The van der Waals surface area contributed by atoms with E-state index in [-0.39, 0.29) is 11.5 Å². The van der Waals surface area contributed by atoms with Crippen LogP contribution in [-0.2, 0) is 29.7 Å². The molecule has 0 bridgehead atoms. The smallest absolute Gasteiger partial charge is 0.411 e. The van der Waals surface area contributed by atoms with Gasteiger partial charge in [-0.15, -0.1) is 10.2 Å². The van der Waals surface area contributed by atoms with Crippen molar-refractivity contribution in [2.75, 3.05) is 18.4 Å². The van der Waals surface area contributed by atoms with Crippen LogP contribution in [0.15, 0.2) is 59.3 Å². The number of rotatable bonds is 6. The second kappa shape index (κ2) is 8.51. The SMILES string of the molecule is O=C1Nc2ccc(CN3CCC(CCc4ccccc4)(c4nnco4)CC3)cc2CO1. The van der Waals surface area contributed by atoms with E-state index < -0.39 is 0 Å². The number of piperidine rings is 1. The van der Waals surface area contributed by atoms with Crippen molar-refractivity contribution >= 4 is 11.8 Å². The van der Waals surface area contributed by atoms with Crippen LogP contribution < -0.4 is 5.32 Å². The first kappa shape index (κ1) is 19.8. The summed E-state index contributed by atoms with van der Waals surface area (Å²) in [5, 5.41) is 11.0. The van der Waals surface area contributed by atoms with Gasteiger partial charge in [0.2, 0.25) is 12.3 Å². The molecule has 2 aromatic carbocycles. The van der Waals surface area contributed by atoms with Crippen molar-refractivity contribution in [2.45, 2.75) is 44.2 Å². The number of nitrogens with zero attached hydrogens (tertiary/aromatic N) is 3. The van der Waals surface area contributed by atoms with Crippen LogP contribution in [-0.4, -0.2) is 34.3 Å². The van der Waals surface area contributed by atoms with E-state index >= 15 is 0 Å². The molecule has 0 unspecified atom stereocenters. The van der Waals surface area contributed by atoms with E-state index in [0.717, 1.165) is 62.5 Å². The number of anilines is 1. The maximum absolute atomic E-state index is 11.4. The van der Waals surface area contributed by atoms with Gasteiger partial charge in [-0.2, -0.15) is 0 Å². The Balaban J connectivity index is 1.25. The molecule has 3 heterocycles. The number of cyclic esters (lactones) is 1. The summed E-state index contributed by atoms with van der Waals surface area (Å²) in [6, 6.07) is 16.8. The van der Waals surface area contributed by atoms with Gasteiger partial charge in [-0.05, 0) is 62.0 Å². The molecular formula is C24H26N4O3. The van der Waals surface area contributed by atoms with Crippen LogP contribution in [0, 0.1) is 0 Å². The van der Waals surface area contributed by atoms with Gasteiger partial charge < -0.3 is 9.15 Å². The lowest BCUT2D eigenvalue weighted by Crippen LogP contribution is -2.43. The minimum absolute atomic E-state index is 0.0726. The van der Waals surface area contributed by atoms with Crippen LogP contribution in [0.4, 0.5) is 10.5 Å². The van der Waals surface area contributed by atoms with E-state index in [1.165, 1.54) is 17.5 Å². The summed E-state index contributed by atoms with van der Waals surface area (Å²) in [4.78, 5) is 13.8. The topological polar surface area (TPSA) is 80.5 Å². The van der Waals surface area contributed by atoms with E-state index in [1.807, 2.05) is 6.07 Å². The van der Waals surface area contributed by atoms with Crippen molar-refractivity contribution in [3.63, 3.8) is 0 Å². The minimum atomic E-state index is -0.385. The summed E-state index contributed by atoms with van der Waals surface area (Å²) in [5.74, 6) is 0.768. The van der Waals surface area contributed by atoms with Crippen molar-refractivity contribution < 1.29 is 13.9 Å². The molecule has 2 aliphatic rings. The Morgan fingerprint density at radius 3 is 2.68 bits per heavy atom. The number of hydrogen-bond acceptors (Lipinski definition) is 6. The van der Waals surface area contributed by atoms with E-state index in [9.17, 15) is 4.79 Å². The molecule has 0 aliphatic carbocycles. The Morgan fingerprint density at radius 1 is 1.06 bits per heavy atom. The molecule has 0 saturated carbocycles. The quantitative estimate of drug-likeness (QED) is 0.643. The molecule has 3 aromatic rings. The third-order valence-corrected chi connectivity index (χ3v) is 6.53. The molecule has 5 rings (SSSR count). The molecule has 160 valence electrons. The van der Waals surface area contributed by atoms with Crippen molar-refractivity contribution in [3.05, 3.63) is 77.5 Å². The van der Waals surface area contributed by atoms with Gasteiger partial charge in [0, 0.05) is 12.1 Å². The number of amides is 1. The predicted octanol–water partition coefficient (Wildman–Crippen LogP) is 4.30. The van der Waals surface area contributed by atoms with Crippen molar-refractivity contribution in [2.24, 2.45) is 0 Å². The molecule has 2 aliphatic heterocycles. The summed E-state index contributed by atoms with van der Waals surface area (Å²) in [7, 11) is 0. The Labute approximate surface area is 181 Å². The Bertz CT molecular complexity index is 1030. The van der Waals surface area contributed by atoms with Crippen LogP contribution in [0.1, 0.15) is 41.8 Å². The van der Waals surface area contributed by atoms with E-state index in [4.69, 9.17) is 9.15 Å². The highest BCUT2D eigenvalue weighted by Crippen LogP contribution is 2.39. The van der Waals surface area contributed by atoms with E-state index in [0.29, 0.717) is 6.61 Å². The monoisotopic (exact) mass is 418 g/mol. The summed E-state index contributed by atoms with van der Waals surface area (Å²) in [6.45, 7) is 3.15. The number of ether oxygens (including phenoxy) is 1. The second-order valence-electron chi connectivity index (χ2n) is 8.48. The zero-order chi connectivity index (χ0) is 21.1. The minimum Gasteiger partial charge on any atom is -0.444 e. The predicted molar refractivity (Wildman–Crippen MR) is 115 cm³/mol. The second-order valence-corrected chi connectivity index (χ2v) is 8.48. The molecule has 7 heteroatoms. The zero-order valence-corrected chi connectivity index (χ0v) is 17.4. The summed E-state index contributed by atoms with van der Waals surface area (Å²) >= 11 is 0. The third kappa shape index (κ3) is 4.32. The van der Waals surface area contributed by atoms with Crippen molar-refractivity contribution in [1.29, 1.82) is 0 Å². The Kier molecular flexibility index (Phi) is 5.42. The van der Waals surface area contributed by atoms with Gasteiger partial charge >= 0.3 is 6.09 Å². The van der Waals surface area contributed by atoms with Gasteiger partial charge in [0.25, 0.3) is 0 Å². The maximum atomic E-state index is 11.4. The number of likely N-dealkylation sites (tertiary alicyclic amines) is 1. The number of nitrogens with one attached hydrogen (secondary N) is 1. The third-order valence-electron chi connectivity index (χ3n) is 6.53. The lowest BCUT2D eigenvalue weighted by Gasteiger charge is -2.39. The van der Waals surface area contributed by atoms with E-state index in [2.05, 4.69) is 62.9 Å². The average Bonchev–Trinajstić information content (AvgIpc) is 3.35. The maximum Gasteiger partial charge on any atom is 0.411 e. The molecule has 31 heavy (non-hydrogen) atoms. The van der Waals surface area contributed by atoms with Crippen LogP contribution in [0.3, 0.4) is 0 Å². The lowest BCUT2D eigenvalue weighted by molar-refractivity contribution is 0.125. The highest BCUT2D eigenvalue weighted by molar-refractivity contribution is 5.87. The standard InChI is InChI=1S/C24H26N4O3/c29-23-26-21-7-6-19(14-20(21)16-30-23)15-28-12-10-24(11-13-28,22-27-25-17-31-22)9-8-18-4-2-1-3-5-18/h1-7,14,17H,8-13,15-16H2,(H,26,29). The van der Waals surface area contributed by atoms with Gasteiger partial charge in [0.1, 0.15) is 6.61 Å². The first-order chi connectivity index (χ1) is 15.2. The highest BCUT2D eigenvalue weighted by atomic mass is 16.5. The molecule has 0 atom stereocenters. The van der Waals surface area contributed by atoms with Gasteiger partial charge in [-0.1, -0.05) is 36.4 Å². The first-order valence-electron chi connectivity index (χ1n) is 10.8. The summed E-state index contributed by atoms with van der Waals surface area (Å²) in [6.07, 6.45) is 5.05. The summed E-state index contributed by atoms with van der Waals surface area (Å²) < 4.78 is 10.8. The fourth-order valence-electron chi connectivity index (χ4n) is 4.68. The number of carbonyl (C=O) groups is 1. The fraction of sp³-hybridized carbons (Fsp3) is 0.375. The number of carbonyl (C=O) groups excluding carboxylic acids is 1. The molecule has 0 radical (unpaired) electrons. The molecule has 0 spiro atoms. The molecule has 1 N–H and O–H groups in total. The van der Waals surface area contributed by atoms with Crippen molar-refractivity contribution in [3.8, 4) is 0 Å². The van der Waals surface area contributed by atoms with Crippen LogP contribution in [0.2, 0.25) is 0 Å². The number of aryl methyl sites for hydroxylation is 1. The molecular weight excluding hydrogens is 392 g/mol. The zero-order valence-electron chi connectivity index (χ0n) is 17.4. The van der Waals surface area contributed by atoms with E-state index in [1.54, 1.807) is 0 Å². The first-order valence-corrected chi connectivity index (χ1v) is 10.8. The molecule has 7 nitrogen and oxygen atoms in total. The fourth-order valence-corrected chi connectivity index (χ4v) is 4.68. The van der Waals surface area contributed by atoms with Gasteiger partial charge in [-0.25, -0.2) is 4.79 Å². The molecule has 1 fully saturated rings. The number of fused-ring (bicyclic) bond motifs is 1. The normalized spacial score (nSPS) is 18.1. The van der Waals surface area contributed by atoms with Crippen LogP contribution in [0.5, 0.6) is 0 Å². The van der Waals surface area contributed by atoms with Gasteiger partial charge in [0.15, 0.2) is 0 Å². The van der Waals surface area contributed by atoms with Gasteiger partial charge in [0.05, 0.1) is 11.1 Å². The van der Waals surface area contributed by atoms with Crippen LogP contribution in [0.25, 0.3) is 0 Å². The number of hydrogen-bond donors (Lipinski definition) is 1. The molecule has 1 amide bonds. The number of aromatic nitrogens is 2. The summed E-state index contributed by atoms with van der Waals surface area (Å²) in [5.41, 5.74) is 4.36. The Hall–Kier alpha value is -3.19. The van der Waals surface area contributed by atoms with Crippen LogP contribution >= 0.6 is 0 Å². The number of benzene rings is 2. The Morgan fingerprint density at radius 2 is 1.90 bits per heavy atom. The largest absolute Gasteiger partial charge is 0.444 e. The van der Waals surface area contributed by atoms with Gasteiger partial charge in [-0.3, -0.25) is 10.2 Å². The molecule has 1 aromatic heterocycles. The average molecular weight is 418 g/mol. The highest BCUT2D eigenvalue weighted by Gasteiger charge is 2.40.